The first kappa shape index (κ1) is 42.5. The van der Waals surface area contributed by atoms with E-state index >= 15 is 0 Å². The largest absolute Gasteiger partial charge is 2.00 e. The number of phosphoric acid groups is 1. The molecule has 0 aliphatic heterocycles. The van der Waals surface area contributed by atoms with Crippen molar-refractivity contribution in [1.82, 2.24) is 0 Å². The number of rotatable bonds is 22. The zero-order chi connectivity index (χ0) is 25.5. The van der Waals surface area contributed by atoms with E-state index < -0.39 is 7.82 Å². The first-order valence-corrected chi connectivity index (χ1v) is 15.8. The molecular weight excluding hydrogens is 471 g/mol. The van der Waals surface area contributed by atoms with Gasteiger partial charge in [0.25, 0.3) is 0 Å². The minimum Gasteiger partial charge on any atom is -0.343 e. The average molecular weight is 533 g/mol. The third-order valence-electron chi connectivity index (χ3n) is 5.71. The monoisotopic (exact) mass is 532 g/mol. The maximum atomic E-state index is 8.88. The van der Waals surface area contributed by atoms with Gasteiger partial charge in [0.2, 0.25) is 0 Å². The molecule has 0 aliphatic rings. The van der Waals surface area contributed by atoms with Gasteiger partial charge in [-0.2, -0.15) is 12.8 Å². The molecule has 0 saturated heterocycles. The van der Waals surface area contributed by atoms with Crippen molar-refractivity contribution in [2.24, 2.45) is 0 Å². The van der Waals surface area contributed by atoms with Crippen LogP contribution in [-0.4, -0.2) is 52.4 Å². The van der Waals surface area contributed by atoms with E-state index in [1.807, 2.05) is 0 Å². The van der Waals surface area contributed by atoms with Gasteiger partial charge in [-0.3, -0.25) is 0 Å². The molecular formula is C28H61CaO4P. The molecule has 0 aromatic heterocycles. The summed E-state index contributed by atoms with van der Waals surface area (Å²) < 4.78 is 8.88. The minimum atomic E-state index is -4.64. The van der Waals surface area contributed by atoms with Crippen molar-refractivity contribution in [3.8, 4) is 0 Å². The Kier molecular flexibility index (Phi) is 48.6. The first-order chi connectivity index (χ1) is 15.8. The molecule has 0 aliphatic carbocycles. The van der Waals surface area contributed by atoms with Gasteiger partial charge in [0.1, 0.15) is 0 Å². The Bertz CT molecular complexity index is 308. The molecule has 0 radical (unpaired) electrons. The molecule has 3 N–H and O–H groups in total. The van der Waals surface area contributed by atoms with Crippen LogP contribution < -0.4 is 0 Å². The van der Waals surface area contributed by atoms with Gasteiger partial charge in [-0.25, -0.2) is 4.57 Å². The van der Waals surface area contributed by atoms with E-state index in [-0.39, 0.29) is 37.7 Å². The Labute approximate surface area is 245 Å². The molecule has 0 fully saturated rings. The van der Waals surface area contributed by atoms with E-state index in [0.29, 0.717) is 0 Å². The summed E-state index contributed by atoms with van der Waals surface area (Å²) in [4.78, 5) is 21.6. The van der Waals surface area contributed by atoms with Crippen molar-refractivity contribution in [2.75, 3.05) is 0 Å². The van der Waals surface area contributed by atoms with Crippen molar-refractivity contribution in [3.63, 3.8) is 0 Å². The third kappa shape index (κ3) is 64.0. The molecule has 204 valence electrons. The van der Waals surface area contributed by atoms with Gasteiger partial charge in [0, 0.05) is 0 Å². The molecule has 0 heterocycles. The van der Waals surface area contributed by atoms with Crippen LogP contribution in [-0.2, 0) is 4.57 Å². The van der Waals surface area contributed by atoms with E-state index in [4.69, 9.17) is 19.2 Å². The summed E-state index contributed by atoms with van der Waals surface area (Å²) in [6.07, 6.45) is 33.7. The molecule has 6 heteroatoms. The first-order valence-electron chi connectivity index (χ1n) is 14.2. The van der Waals surface area contributed by atoms with Crippen molar-refractivity contribution in [2.45, 2.75) is 168 Å². The van der Waals surface area contributed by atoms with E-state index in [0.717, 1.165) is 12.8 Å². The van der Waals surface area contributed by atoms with Gasteiger partial charge < -0.3 is 28.5 Å². The van der Waals surface area contributed by atoms with Crippen LogP contribution in [0.2, 0.25) is 0 Å². The fourth-order valence-electron chi connectivity index (χ4n) is 3.68. The normalized spacial score (nSPS) is 10.6. The van der Waals surface area contributed by atoms with Crippen molar-refractivity contribution >= 4 is 45.6 Å². The molecule has 0 atom stereocenters. The molecule has 0 amide bonds. The standard InChI is InChI=1S/2C14H29.Ca.H3O4P/c2*1-3-5-7-9-11-13-14-12-10-8-6-4-2;;1-5(2,3)4/h2*1,3-14H2,2H3;;(H3,1,2,3,4)/q2*-1;+2;. The van der Waals surface area contributed by atoms with Gasteiger partial charge in [-0.15, -0.1) is 0 Å². The third-order valence-corrected chi connectivity index (χ3v) is 5.71. The van der Waals surface area contributed by atoms with E-state index in [1.165, 1.54) is 141 Å². The average Bonchev–Trinajstić information content (AvgIpc) is 2.76. The van der Waals surface area contributed by atoms with Crippen LogP contribution in [0.3, 0.4) is 0 Å². The fraction of sp³-hybridized carbons (Fsp3) is 0.929. The topological polar surface area (TPSA) is 77.8 Å². The summed E-state index contributed by atoms with van der Waals surface area (Å²) in [5, 5.41) is 0. The van der Waals surface area contributed by atoms with Gasteiger partial charge in [-0.05, 0) is 0 Å². The van der Waals surface area contributed by atoms with Gasteiger partial charge >= 0.3 is 45.6 Å². The SMILES string of the molecule is O=P(O)(O)O.[CH2-]CCCCCCCCCCCCC.[CH2-]CCCCCCCCCCCCC.[Ca+2]. The second-order valence-electron chi connectivity index (χ2n) is 9.29. The van der Waals surface area contributed by atoms with E-state index in [2.05, 4.69) is 27.7 Å². The van der Waals surface area contributed by atoms with Crippen LogP contribution in [0.1, 0.15) is 168 Å². The zero-order valence-electron chi connectivity index (χ0n) is 23.3. The van der Waals surface area contributed by atoms with Crippen LogP contribution >= 0.6 is 7.82 Å². The quantitative estimate of drug-likeness (QED) is 0.0561. The summed E-state index contributed by atoms with van der Waals surface area (Å²) in [6.45, 7) is 12.3. The Morgan fingerprint density at radius 3 is 0.735 bits per heavy atom. The minimum absolute atomic E-state index is 0. The van der Waals surface area contributed by atoms with Crippen LogP contribution in [0.5, 0.6) is 0 Å². The smallest absolute Gasteiger partial charge is 0.343 e. The summed E-state index contributed by atoms with van der Waals surface area (Å²) in [6, 6.07) is 0. The molecule has 0 aromatic rings. The molecule has 0 saturated carbocycles. The summed E-state index contributed by atoms with van der Waals surface area (Å²) >= 11 is 0. The van der Waals surface area contributed by atoms with Crippen LogP contribution in [0.15, 0.2) is 0 Å². The Hall–Kier alpha value is 1.37. The number of hydrogen-bond donors (Lipinski definition) is 3. The van der Waals surface area contributed by atoms with Crippen molar-refractivity contribution in [1.29, 1.82) is 0 Å². The Balaban J connectivity index is -0.000000216. The summed E-state index contributed by atoms with van der Waals surface area (Å²) in [7, 11) is -4.64. The van der Waals surface area contributed by atoms with Crippen molar-refractivity contribution < 1.29 is 19.2 Å². The van der Waals surface area contributed by atoms with Gasteiger partial charge in [0.15, 0.2) is 0 Å². The second kappa shape index (κ2) is 38.9. The maximum Gasteiger partial charge on any atom is 2.00 e. The van der Waals surface area contributed by atoms with Crippen LogP contribution in [0, 0.1) is 13.8 Å². The Morgan fingerprint density at radius 1 is 0.441 bits per heavy atom. The molecule has 0 bridgehead atoms. The van der Waals surface area contributed by atoms with E-state index in [9.17, 15) is 0 Å². The second-order valence-corrected chi connectivity index (χ2v) is 10.3. The molecule has 34 heavy (non-hydrogen) atoms. The molecule has 0 unspecified atom stereocenters. The van der Waals surface area contributed by atoms with Crippen molar-refractivity contribution in [3.05, 3.63) is 13.8 Å². The van der Waals surface area contributed by atoms with E-state index in [1.54, 1.807) is 0 Å². The predicted molar refractivity (Wildman–Crippen MR) is 153 cm³/mol. The fourth-order valence-corrected chi connectivity index (χ4v) is 3.68. The zero-order valence-corrected chi connectivity index (χ0v) is 26.4. The Morgan fingerprint density at radius 2 is 0.588 bits per heavy atom. The molecule has 0 rings (SSSR count). The molecule has 4 nitrogen and oxygen atoms in total. The maximum absolute atomic E-state index is 8.88. The molecule has 0 spiro atoms. The summed E-state index contributed by atoms with van der Waals surface area (Å²) in [5.74, 6) is 0. The number of unbranched alkanes of at least 4 members (excludes halogenated alkanes) is 22. The van der Waals surface area contributed by atoms with Gasteiger partial charge in [-0.1, -0.05) is 155 Å². The van der Waals surface area contributed by atoms with Crippen LogP contribution in [0.25, 0.3) is 0 Å². The summed E-state index contributed by atoms with van der Waals surface area (Å²) in [5.41, 5.74) is 0. The predicted octanol–water partition coefficient (Wildman–Crippen LogP) is 9.73. The number of hydrogen-bond acceptors (Lipinski definition) is 1. The van der Waals surface area contributed by atoms with Crippen LogP contribution in [0.4, 0.5) is 0 Å². The molecule has 0 aromatic carbocycles. The van der Waals surface area contributed by atoms with Gasteiger partial charge in [0.05, 0.1) is 0 Å².